The third-order valence-corrected chi connectivity index (χ3v) is 3.37. The topological polar surface area (TPSA) is 92.4 Å². The van der Waals surface area contributed by atoms with Gasteiger partial charge in [0.15, 0.2) is 0 Å². The maximum Gasteiger partial charge on any atom is 0.240 e. The number of hydrogen-bond donors (Lipinski definition) is 3. The molecule has 2 unspecified atom stereocenters. The molecule has 1 aromatic rings. The Morgan fingerprint density at radius 1 is 1.24 bits per heavy atom. The molecule has 0 bridgehead atoms. The zero-order valence-electron chi connectivity index (χ0n) is 11.8. The molecule has 0 heterocycles. The number of carbonyl (C=O) groups is 2. The van der Waals surface area contributed by atoms with Crippen LogP contribution in [0.1, 0.15) is 31.9 Å². The van der Waals surface area contributed by atoms with Crippen LogP contribution < -0.4 is 11.1 Å². The minimum Gasteiger partial charge on any atom is -0.388 e. The number of rotatable bonds is 6. The van der Waals surface area contributed by atoms with Crippen molar-refractivity contribution >= 4 is 35.0 Å². The molecule has 21 heavy (non-hydrogen) atoms. The fourth-order valence-corrected chi connectivity index (χ4v) is 2.40. The van der Waals surface area contributed by atoms with Gasteiger partial charge in [-0.15, -0.1) is 0 Å². The van der Waals surface area contributed by atoms with E-state index in [0.29, 0.717) is 15.6 Å². The van der Waals surface area contributed by atoms with Crippen molar-refractivity contribution in [3.8, 4) is 0 Å². The van der Waals surface area contributed by atoms with Gasteiger partial charge in [0, 0.05) is 10.0 Å². The van der Waals surface area contributed by atoms with Crippen LogP contribution in [-0.2, 0) is 9.59 Å². The molecule has 4 N–H and O–H groups in total. The van der Waals surface area contributed by atoms with Gasteiger partial charge in [0.1, 0.15) is 6.04 Å². The van der Waals surface area contributed by atoms with Gasteiger partial charge in [-0.1, -0.05) is 37.0 Å². The number of aliphatic hydroxyl groups excluding tert-OH is 1. The van der Waals surface area contributed by atoms with Crippen LogP contribution in [0.15, 0.2) is 18.2 Å². The third kappa shape index (κ3) is 5.53. The monoisotopic (exact) mass is 332 g/mol. The molecule has 5 nitrogen and oxygen atoms in total. The quantitative estimate of drug-likeness (QED) is 0.744. The van der Waals surface area contributed by atoms with Gasteiger partial charge in [0.05, 0.1) is 12.5 Å². The van der Waals surface area contributed by atoms with E-state index in [2.05, 4.69) is 5.32 Å². The third-order valence-electron chi connectivity index (χ3n) is 2.94. The lowest BCUT2D eigenvalue weighted by molar-refractivity contribution is -0.129. The first-order valence-electron chi connectivity index (χ1n) is 6.43. The molecule has 1 aromatic carbocycles. The molecule has 116 valence electrons. The lowest BCUT2D eigenvalue weighted by atomic mass is 10.0. The lowest BCUT2D eigenvalue weighted by Crippen LogP contribution is -2.47. The van der Waals surface area contributed by atoms with Gasteiger partial charge in [0.2, 0.25) is 11.8 Å². The van der Waals surface area contributed by atoms with Crippen LogP contribution in [0.2, 0.25) is 10.0 Å². The highest BCUT2D eigenvalue weighted by atomic mass is 35.5. The van der Waals surface area contributed by atoms with E-state index in [-0.39, 0.29) is 12.3 Å². The summed E-state index contributed by atoms with van der Waals surface area (Å²) in [7, 11) is 0. The van der Waals surface area contributed by atoms with E-state index in [1.807, 2.05) is 0 Å². The second-order valence-corrected chi connectivity index (χ2v) is 5.99. The number of primary amides is 1. The number of nitrogens with one attached hydrogen (secondary N) is 1. The molecular formula is C14H18Cl2N2O3. The Morgan fingerprint density at radius 3 is 2.19 bits per heavy atom. The standard InChI is InChI=1S/C14H18Cl2N2O3/c1-7(2)13(14(17)21)18-12(20)6-11(19)8-3-9(15)5-10(16)4-8/h3-5,7,11,13,19H,6H2,1-2H3,(H2,17,21)(H,18,20). The second-order valence-electron chi connectivity index (χ2n) is 5.11. The fraction of sp³-hybridized carbons (Fsp3) is 0.429. The minimum absolute atomic E-state index is 0.135. The molecule has 0 spiro atoms. The van der Waals surface area contributed by atoms with E-state index in [4.69, 9.17) is 28.9 Å². The van der Waals surface area contributed by atoms with Gasteiger partial charge in [-0.25, -0.2) is 0 Å². The lowest BCUT2D eigenvalue weighted by Gasteiger charge is -2.20. The molecule has 0 aliphatic carbocycles. The van der Waals surface area contributed by atoms with E-state index in [0.717, 1.165) is 0 Å². The number of aliphatic hydroxyl groups is 1. The van der Waals surface area contributed by atoms with Gasteiger partial charge >= 0.3 is 0 Å². The Hall–Kier alpha value is -1.30. The van der Waals surface area contributed by atoms with Crippen molar-refractivity contribution in [3.63, 3.8) is 0 Å². The molecule has 0 radical (unpaired) electrons. The number of halogens is 2. The van der Waals surface area contributed by atoms with Gasteiger partial charge in [-0.05, 0) is 29.7 Å². The number of hydrogen-bond acceptors (Lipinski definition) is 3. The zero-order chi connectivity index (χ0) is 16.2. The summed E-state index contributed by atoms with van der Waals surface area (Å²) in [6.45, 7) is 3.53. The zero-order valence-corrected chi connectivity index (χ0v) is 13.3. The molecule has 1 rings (SSSR count). The Labute approximate surface area is 133 Å². The van der Waals surface area contributed by atoms with Gasteiger partial charge in [0.25, 0.3) is 0 Å². The Bertz CT molecular complexity index is 515. The highest BCUT2D eigenvalue weighted by Crippen LogP contribution is 2.25. The predicted octanol–water partition coefficient (Wildman–Crippen LogP) is 2.04. The van der Waals surface area contributed by atoms with Gasteiger partial charge < -0.3 is 16.2 Å². The highest BCUT2D eigenvalue weighted by molar-refractivity contribution is 6.34. The van der Waals surface area contributed by atoms with Crippen LogP contribution in [0.4, 0.5) is 0 Å². The van der Waals surface area contributed by atoms with Crippen molar-refractivity contribution < 1.29 is 14.7 Å². The summed E-state index contributed by atoms with van der Waals surface area (Å²) in [5.74, 6) is -1.22. The summed E-state index contributed by atoms with van der Waals surface area (Å²) >= 11 is 11.7. The largest absolute Gasteiger partial charge is 0.388 e. The van der Waals surface area contributed by atoms with Crippen LogP contribution >= 0.6 is 23.2 Å². The number of nitrogens with two attached hydrogens (primary N) is 1. The maximum atomic E-state index is 11.9. The van der Waals surface area contributed by atoms with Crippen molar-refractivity contribution in [1.82, 2.24) is 5.32 Å². The molecule has 2 atom stereocenters. The maximum absolute atomic E-state index is 11.9. The average Bonchev–Trinajstić information content (AvgIpc) is 2.33. The molecule has 0 fully saturated rings. The summed E-state index contributed by atoms with van der Waals surface area (Å²) in [6, 6.07) is 3.81. The molecular weight excluding hydrogens is 315 g/mol. The van der Waals surface area contributed by atoms with E-state index < -0.39 is 24.0 Å². The van der Waals surface area contributed by atoms with Crippen LogP contribution in [-0.4, -0.2) is 23.0 Å². The van der Waals surface area contributed by atoms with Crippen molar-refractivity contribution in [2.45, 2.75) is 32.4 Å². The summed E-state index contributed by atoms with van der Waals surface area (Å²) in [5, 5.41) is 13.3. The Kier molecular flexibility index (Phi) is 6.45. The first-order chi connectivity index (χ1) is 9.70. The Balaban J connectivity index is 2.71. The van der Waals surface area contributed by atoms with E-state index in [9.17, 15) is 14.7 Å². The van der Waals surface area contributed by atoms with E-state index in [1.54, 1.807) is 13.8 Å². The summed E-state index contributed by atoms with van der Waals surface area (Å²) in [6.07, 6.45) is -1.28. The normalized spacial score (nSPS) is 13.8. The molecule has 0 saturated heterocycles. The van der Waals surface area contributed by atoms with Crippen molar-refractivity contribution in [2.24, 2.45) is 11.7 Å². The highest BCUT2D eigenvalue weighted by Gasteiger charge is 2.23. The molecule has 2 amide bonds. The average molecular weight is 333 g/mol. The van der Waals surface area contributed by atoms with Crippen LogP contribution in [0.25, 0.3) is 0 Å². The SMILES string of the molecule is CC(C)C(NC(=O)CC(O)c1cc(Cl)cc(Cl)c1)C(N)=O. The molecule has 0 saturated carbocycles. The first kappa shape index (κ1) is 17.8. The van der Waals surface area contributed by atoms with Crippen molar-refractivity contribution in [1.29, 1.82) is 0 Å². The smallest absolute Gasteiger partial charge is 0.240 e. The summed E-state index contributed by atoms with van der Waals surface area (Å²) < 4.78 is 0. The van der Waals surface area contributed by atoms with Crippen molar-refractivity contribution in [3.05, 3.63) is 33.8 Å². The molecule has 0 aliphatic rings. The van der Waals surface area contributed by atoms with Crippen LogP contribution in [0.5, 0.6) is 0 Å². The van der Waals surface area contributed by atoms with Crippen LogP contribution in [0.3, 0.4) is 0 Å². The van der Waals surface area contributed by atoms with Gasteiger partial charge in [-0.3, -0.25) is 9.59 Å². The number of benzene rings is 1. The summed E-state index contributed by atoms with van der Waals surface area (Å²) in [5.41, 5.74) is 5.65. The van der Waals surface area contributed by atoms with Crippen molar-refractivity contribution in [2.75, 3.05) is 0 Å². The number of amides is 2. The van der Waals surface area contributed by atoms with Gasteiger partial charge in [-0.2, -0.15) is 0 Å². The van der Waals surface area contributed by atoms with E-state index in [1.165, 1.54) is 18.2 Å². The Morgan fingerprint density at radius 2 is 1.76 bits per heavy atom. The predicted molar refractivity (Wildman–Crippen MR) is 82.0 cm³/mol. The molecule has 0 aliphatic heterocycles. The minimum atomic E-state index is -1.07. The van der Waals surface area contributed by atoms with Crippen LogP contribution in [0, 0.1) is 5.92 Å². The molecule has 7 heteroatoms. The van der Waals surface area contributed by atoms with E-state index >= 15 is 0 Å². The summed E-state index contributed by atoms with van der Waals surface area (Å²) in [4.78, 5) is 23.1. The second kappa shape index (κ2) is 7.64. The number of carbonyl (C=O) groups excluding carboxylic acids is 2. The first-order valence-corrected chi connectivity index (χ1v) is 7.19. The molecule has 0 aromatic heterocycles. The fourth-order valence-electron chi connectivity index (χ4n) is 1.86.